The standard InChI is InChI=1S/C28H34F5N3O6S/c1-27(29,30)12-11-19-15-36(18-7-5-6-8-18)21-13-20(28(31,32)33)22(14-23(21)43(38,39)35(19)2)42-16-17-9-10-24(40-3)34-25(17)26(37)41-4/h9-10,13-14,18-19H,5-8,11-12,15-16H2,1-4H3/t19-/m1/s1. The molecule has 0 amide bonds. The molecule has 0 bridgehead atoms. The molecule has 4 rings (SSSR count). The van der Waals surface area contributed by atoms with Crippen molar-refractivity contribution in [3.8, 4) is 11.6 Å². The number of hydrogen-bond acceptors (Lipinski definition) is 8. The van der Waals surface area contributed by atoms with Crippen molar-refractivity contribution in [1.82, 2.24) is 9.29 Å². The van der Waals surface area contributed by atoms with Crippen molar-refractivity contribution in [2.24, 2.45) is 0 Å². The van der Waals surface area contributed by atoms with Crippen molar-refractivity contribution in [3.05, 3.63) is 41.1 Å². The monoisotopic (exact) mass is 635 g/mol. The highest BCUT2D eigenvalue weighted by Crippen LogP contribution is 2.46. The van der Waals surface area contributed by atoms with E-state index in [0.717, 1.165) is 43.3 Å². The summed E-state index contributed by atoms with van der Waals surface area (Å²) in [4.78, 5) is 17.5. The number of carbonyl (C=O) groups excluding carboxylic acids is 1. The van der Waals surface area contributed by atoms with Crippen LogP contribution in [-0.2, 0) is 27.5 Å². The van der Waals surface area contributed by atoms with Gasteiger partial charge in [-0.2, -0.15) is 17.5 Å². The molecule has 0 saturated heterocycles. The molecule has 238 valence electrons. The summed E-state index contributed by atoms with van der Waals surface area (Å²) in [6.45, 7) is 0.117. The first kappa shape index (κ1) is 32.7. The summed E-state index contributed by atoms with van der Waals surface area (Å²) in [6.07, 6.45) is -2.86. The number of hydrogen-bond donors (Lipinski definition) is 0. The van der Waals surface area contributed by atoms with Gasteiger partial charge in [0.25, 0.3) is 0 Å². The van der Waals surface area contributed by atoms with E-state index >= 15 is 0 Å². The molecule has 1 saturated carbocycles. The zero-order valence-corrected chi connectivity index (χ0v) is 25.0. The number of pyridine rings is 1. The fourth-order valence-corrected chi connectivity index (χ4v) is 7.07. The van der Waals surface area contributed by atoms with E-state index in [4.69, 9.17) is 14.2 Å². The minimum atomic E-state index is -4.94. The number of rotatable bonds is 9. The van der Waals surface area contributed by atoms with Gasteiger partial charge in [0.15, 0.2) is 5.69 Å². The molecule has 2 aromatic rings. The smallest absolute Gasteiger partial charge is 0.420 e. The maximum absolute atomic E-state index is 14.5. The van der Waals surface area contributed by atoms with Crippen molar-refractivity contribution < 1.29 is 49.4 Å². The van der Waals surface area contributed by atoms with E-state index in [9.17, 15) is 35.2 Å². The fraction of sp³-hybridized carbons (Fsp3) is 0.571. The predicted octanol–water partition coefficient (Wildman–Crippen LogP) is 5.66. The number of methoxy groups -OCH3 is 2. The van der Waals surface area contributed by atoms with Crippen LogP contribution in [-0.4, -0.2) is 69.5 Å². The third kappa shape index (κ3) is 7.14. The zero-order valence-electron chi connectivity index (χ0n) is 24.2. The van der Waals surface area contributed by atoms with Crippen molar-refractivity contribution in [3.63, 3.8) is 0 Å². The number of sulfonamides is 1. The van der Waals surface area contributed by atoms with Crippen LogP contribution in [0, 0.1) is 0 Å². The lowest BCUT2D eigenvalue weighted by Crippen LogP contribution is -2.45. The van der Waals surface area contributed by atoms with E-state index in [1.807, 2.05) is 0 Å². The number of halogens is 5. The van der Waals surface area contributed by atoms with Gasteiger partial charge in [-0.25, -0.2) is 27.0 Å². The molecule has 15 heteroatoms. The Bertz CT molecular complexity index is 1440. The van der Waals surface area contributed by atoms with Crippen molar-refractivity contribution in [1.29, 1.82) is 0 Å². The Morgan fingerprint density at radius 1 is 1.09 bits per heavy atom. The third-order valence-electron chi connectivity index (χ3n) is 7.86. The first-order valence-electron chi connectivity index (χ1n) is 13.7. The number of fused-ring (bicyclic) bond motifs is 1. The molecule has 0 spiro atoms. The molecule has 0 radical (unpaired) electrons. The number of aromatic nitrogens is 1. The van der Waals surface area contributed by atoms with E-state index < -0.39 is 63.4 Å². The van der Waals surface area contributed by atoms with Crippen LogP contribution < -0.4 is 14.4 Å². The van der Waals surface area contributed by atoms with Crippen LogP contribution in [0.4, 0.5) is 27.6 Å². The first-order valence-corrected chi connectivity index (χ1v) is 15.1. The summed E-state index contributed by atoms with van der Waals surface area (Å²) < 4.78 is 115. The molecule has 43 heavy (non-hydrogen) atoms. The highest BCUT2D eigenvalue weighted by atomic mass is 32.2. The van der Waals surface area contributed by atoms with Crippen LogP contribution in [0.5, 0.6) is 11.6 Å². The van der Waals surface area contributed by atoms with E-state index in [2.05, 4.69) is 4.98 Å². The van der Waals surface area contributed by atoms with Crippen LogP contribution in [0.2, 0.25) is 0 Å². The predicted molar refractivity (Wildman–Crippen MR) is 146 cm³/mol. The molecule has 0 N–H and O–H groups in total. The summed E-state index contributed by atoms with van der Waals surface area (Å²) in [6, 6.07) is 3.18. The summed E-state index contributed by atoms with van der Waals surface area (Å²) in [5.74, 6) is -4.65. The minimum Gasteiger partial charge on any atom is -0.488 e. The number of esters is 1. The zero-order chi connectivity index (χ0) is 31.7. The Hall–Kier alpha value is -3.20. The van der Waals surface area contributed by atoms with Gasteiger partial charge < -0.3 is 19.1 Å². The molecule has 2 heterocycles. The number of nitrogens with zero attached hydrogens (tertiary/aromatic N) is 3. The molecule has 1 aromatic carbocycles. The van der Waals surface area contributed by atoms with Gasteiger partial charge in [-0.1, -0.05) is 12.8 Å². The van der Waals surface area contributed by atoms with Crippen LogP contribution in [0.25, 0.3) is 0 Å². The molecule has 9 nitrogen and oxygen atoms in total. The van der Waals surface area contributed by atoms with Crippen LogP contribution in [0.3, 0.4) is 0 Å². The van der Waals surface area contributed by atoms with Crippen molar-refractivity contribution in [2.75, 3.05) is 32.7 Å². The van der Waals surface area contributed by atoms with Gasteiger partial charge in [-0.15, -0.1) is 0 Å². The highest BCUT2D eigenvalue weighted by molar-refractivity contribution is 7.89. The summed E-state index contributed by atoms with van der Waals surface area (Å²) >= 11 is 0. The van der Waals surface area contributed by atoms with Crippen LogP contribution >= 0.6 is 0 Å². The second-order valence-electron chi connectivity index (χ2n) is 10.8. The second-order valence-corrected chi connectivity index (χ2v) is 12.8. The first-order chi connectivity index (χ1) is 20.1. The highest BCUT2D eigenvalue weighted by Gasteiger charge is 2.43. The summed E-state index contributed by atoms with van der Waals surface area (Å²) in [5, 5.41) is 0. The normalized spacial score (nSPS) is 19.6. The van der Waals surface area contributed by atoms with Gasteiger partial charge >= 0.3 is 12.1 Å². The topological polar surface area (TPSA) is 98.3 Å². The molecular formula is C28H34F5N3O6S. The number of benzene rings is 1. The van der Waals surface area contributed by atoms with Crippen LogP contribution in [0.15, 0.2) is 29.2 Å². The van der Waals surface area contributed by atoms with Gasteiger partial charge in [-0.05, 0) is 38.3 Å². The number of carbonyl (C=O) groups is 1. The Morgan fingerprint density at radius 2 is 1.77 bits per heavy atom. The molecule has 1 aliphatic heterocycles. The van der Waals surface area contributed by atoms with E-state index in [0.29, 0.717) is 12.8 Å². The molecule has 1 fully saturated rings. The van der Waals surface area contributed by atoms with E-state index in [1.165, 1.54) is 26.3 Å². The average molecular weight is 636 g/mol. The maximum atomic E-state index is 14.5. The number of ether oxygens (including phenoxy) is 3. The van der Waals surface area contributed by atoms with Gasteiger partial charge in [0, 0.05) is 49.8 Å². The number of likely N-dealkylation sites (N-methyl/N-ethyl adjacent to an activating group) is 1. The quantitative estimate of drug-likeness (QED) is 0.257. The second kappa shape index (κ2) is 12.4. The lowest BCUT2D eigenvalue weighted by atomic mass is 10.0. The van der Waals surface area contributed by atoms with Crippen molar-refractivity contribution in [2.45, 2.75) is 81.1 Å². The van der Waals surface area contributed by atoms with Gasteiger partial charge in [0.1, 0.15) is 17.3 Å². The van der Waals surface area contributed by atoms with Gasteiger partial charge in [-0.3, -0.25) is 0 Å². The Morgan fingerprint density at radius 3 is 2.35 bits per heavy atom. The third-order valence-corrected chi connectivity index (χ3v) is 9.80. The summed E-state index contributed by atoms with van der Waals surface area (Å²) in [7, 11) is -0.772. The Kier molecular flexibility index (Phi) is 9.45. The maximum Gasteiger partial charge on any atom is 0.420 e. The molecule has 2 aliphatic rings. The van der Waals surface area contributed by atoms with Crippen molar-refractivity contribution >= 4 is 21.7 Å². The fourth-order valence-electron chi connectivity index (χ4n) is 5.50. The summed E-state index contributed by atoms with van der Waals surface area (Å²) in [5.41, 5.74) is -1.54. The largest absolute Gasteiger partial charge is 0.488 e. The van der Waals surface area contributed by atoms with Gasteiger partial charge in [0.2, 0.25) is 21.8 Å². The Balaban J connectivity index is 1.82. The minimum absolute atomic E-state index is 0.0407. The van der Waals surface area contributed by atoms with E-state index in [1.54, 1.807) is 4.90 Å². The lowest BCUT2D eigenvalue weighted by Gasteiger charge is -2.34. The molecule has 1 aromatic heterocycles. The molecule has 1 atom stereocenters. The number of anilines is 1. The number of alkyl halides is 5. The molecule has 1 aliphatic carbocycles. The average Bonchev–Trinajstić information content (AvgIpc) is 3.46. The molecular weight excluding hydrogens is 601 g/mol. The lowest BCUT2D eigenvalue weighted by molar-refractivity contribution is -0.139. The molecule has 0 unspecified atom stereocenters. The van der Waals surface area contributed by atoms with E-state index in [-0.39, 0.29) is 41.8 Å². The SMILES string of the molecule is COC(=O)c1nc(OC)ccc1COc1cc2c(cc1C(F)(F)F)N(C1CCCC1)C[C@@H](CCC(C)(F)F)N(C)S2(=O)=O. The van der Waals surface area contributed by atoms with Crippen LogP contribution in [0.1, 0.15) is 67.1 Å². The Labute approximate surface area is 247 Å². The van der Waals surface area contributed by atoms with Gasteiger partial charge in [0.05, 0.1) is 25.5 Å².